The van der Waals surface area contributed by atoms with Gasteiger partial charge in [0.15, 0.2) is 5.78 Å². The van der Waals surface area contributed by atoms with Crippen molar-refractivity contribution in [2.24, 2.45) is 5.92 Å². The first-order valence-electron chi connectivity index (χ1n) is 7.44. The fraction of sp³-hybridized carbons (Fsp3) is 0.412. The second kappa shape index (κ2) is 5.09. The monoisotopic (exact) mass is 301 g/mol. The van der Waals surface area contributed by atoms with Gasteiger partial charge < -0.3 is 0 Å². The number of pyridine rings is 1. The van der Waals surface area contributed by atoms with Crippen LogP contribution in [-0.2, 0) is 0 Å². The SMILES string of the molecule is O=C(c1cc2cccnc2cc1F)C1CC2CCC(C1)S2. The summed E-state index contributed by atoms with van der Waals surface area (Å²) in [6.07, 6.45) is 5.88. The number of hydrogen-bond acceptors (Lipinski definition) is 3. The van der Waals surface area contributed by atoms with Crippen LogP contribution in [0.3, 0.4) is 0 Å². The number of carbonyl (C=O) groups is 1. The fourth-order valence-corrected chi connectivity index (χ4v) is 5.35. The third-order valence-electron chi connectivity index (χ3n) is 4.62. The molecule has 0 aliphatic carbocycles. The van der Waals surface area contributed by atoms with Gasteiger partial charge in [0.2, 0.25) is 0 Å². The standard InChI is InChI=1S/C17H16FNOS/c18-15-9-16-10(2-1-5-19-16)8-14(15)17(20)11-6-12-3-4-13(7-11)21-12/h1-2,5,8-9,11-13H,3-4,6-7H2. The van der Waals surface area contributed by atoms with Gasteiger partial charge in [-0.1, -0.05) is 6.07 Å². The Morgan fingerprint density at radius 2 is 2.00 bits per heavy atom. The molecule has 0 amide bonds. The number of aromatic nitrogens is 1. The molecule has 0 spiro atoms. The first-order chi connectivity index (χ1) is 10.2. The van der Waals surface area contributed by atoms with Crippen molar-refractivity contribution in [1.82, 2.24) is 4.98 Å². The van der Waals surface area contributed by atoms with E-state index in [0.717, 1.165) is 18.2 Å². The van der Waals surface area contributed by atoms with Crippen LogP contribution in [0, 0.1) is 11.7 Å². The van der Waals surface area contributed by atoms with E-state index in [4.69, 9.17) is 0 Å². The Morgan fingerprint density at radius 1 is 1.24 bits per heavy atom. The van der Waals surface area contributed by atoms with Gasteiger partial charge in [-0.15, -0.1) is 0 Å². The number of fused-ring (bicyclic) bond motifs is 3. The second-order valence-corrected chi connectivity index (χ2v) is 7.62. The van der Waals surface area contributed by atoms with E-state index in [1.54, 1.807) is 12.3 Å². The molecule has 0 N–H and O–H groups in total. The molecule has 108 valence electrons. The smallest absolute Gasteiger partial charge is 0.168 e. The minimum absolute atomic E-state index is 0.00706. The Hall–Kier alpha value is -1.42. The number of ketones is 1. The zero-order valence-electron chi connectivity index (χ0n) is 11.6. The zero-order chi connectivity index (χ0) is 14.4. The molecule has 4 heteroatoms. The van der Waals surface area contributed by atoms with Gasteiger partial charge in [-0.05, 0) is 37.8 Å². The summed E-state index contributed by atoms with van der Waals surface area (Å²) in [7, 11) is 0. The van der Waals surface area contributed by atoms with E-state index in [2.05, 4.69) is 4.98 Å². The average molecular weight is 301 g/mol. The van der Waals surface area contributed by atoms with Crippen molar-refractivity contribution in [3.05, 3.63) is 41.8 Å². The molecular formula is C17H16FNOS. The molecule has 1 aromatic carbocycles. The molecule has 2 aliphatic heterocycles. The molecule has 2 unspecified atom stereocenters. The molecule has 2 fully saturated rings. The van der Waals surface area contributed by atoms with E-state index in [9.17, 15) is 9.18 Å². The highest BCUT2D eigenvalue weighted by atomic mass is 32.2. The number of carbonyl (C=O) groups excluding carboxylic acids is 1. The van der Waals surface area contributed by atoms with Gasteiger partial charge >= 0.3 is 0 Å². The molecule has 21 heavy (non-hydrogen) atoms. The summed E-state index contributed by atoms with van der Waals surface area (Å²) >= 11 is 2.02. The van der Waals surface area contributed by atoms with Crippen molar-refractivity contribution < 1.29 is 9.18 Å². The molecule has 4 rings (SSSR count). The average Bonchev–Trinajstić information content (AvgIpc) is 2.84. The predicted octanol–water partition coefficient (Wildman–Crippen LogP) is 4.23. The molecular weight excluding hydrogens is 285 g/mol. The van der Waals surface area contributed by atoms with Crippen LogP contribution in [0.15, 0.2) is 30.5 Å². The van der Waals surface area contributed by atoms with Crippen molar-refractivity contribution in [1.29, 1.82) is 0 Å². The topological polar surface area (TPSA) is 30.0 Å². The normalized spacial score (nSPS) is 28.0. The molecule has 0 radical (unpaired) electrons. The minimum atomic E-state index is -0.434. The number of thioether (sulfide) groups is 1. The van der Waals surface area contributed by atoms with Crippen LogP contribution in [0.1, 0.15) is 36.0 Å². The van der Waals surface area contributed by atoms with E-state index >= 15 is 0 Å². The second-order valence-electron chi connectivity index (χ2n) is 6.02. The summed E-state index contributed by atoms with van der Waals surface area (Å²) in [4.78, 5) is 16.8. The molecule has 0 saturated carbocycles. The summed E-state index contributed by atoms with van der Waals surface area (Å²) in [5.74, 6) is -0.459. The van der Waals surface area contributed by atoms with E-state index in [0.29, 0.717) is 16.0 Å². The number of benzene rings is 1. The number of halogens is 1. The molecule has 2 bridgehead atoms. The molecule has 2 aromatic rings. The van der Waals surface area contributed by atoms with Crippen molar-refractivity contribution >= 4 is 28.4 Å². The van der Waals surface area contributed by atoms with Crippen molar-refractivity contribution in [2.45, 2.75) is 36.2 Å². The molecule has 2 aliphatic rings. The number of rotatable bonds is 2. The van der Waals surface area contributed by atoms with Gasteiger partial charge in [0.25, 0.3) is 0 Å². The third kappa shape index (κ3) is 2.35. The zero-order valence-corrected chi connectivity index (χ0v) is 12.4. The largest absolute Gasteiger partial charge is 0.294 e. The van der Waals surface area contributed by atoms with Gasteiger partial charge in [0, 0.05) is 34.1 Å². The highest BCUT2D eigenvalue weighted by molar-refractivity contribution is 8.00. The number of hydrogen-bond donors (Lipinski definition) is 0. The Bertz CT molecular complexity index is 705. The highest BCUT2D eigenvalue weighted by Crippen LogP contribution is 2.46. The summed E-state index contributed by atoms with van der Waals surface area (Å²) in [6, 6.07) is 6.74. The molecule has 2 nitrogen and oxygen atoms in total. The summed E-state index contributed by atoms with van der Waals surface area (Å²) in [5.41, 5.74) is 0.845. The number of nitrogens with zero attached hydrogens (tertiary/aromatic N) is 1. The molecule has 2 atom stereocenters. The quantitative estimate of drug-likeness (QED) is 0.778. The van der Waals surface area contributed by atoms with Crippen LogP contribution in [-0.4, -0.2) is 21.3 Å². The third-order valence-corrected chi connectivity index (χ3v) is 6.24. The van der Waals surface area contributed by atoms with Crippen LogP contribution in [0.2, 0.25) is 0 Å². The summed E-state index contributed by atoms with van der Waals surface area (Å²) in [6.45, 7) is 0. The van der Waals surface area contributed by atoms with Crippen LogP contribution in [0.25, 0.3) is 10.9 Å². The van der Waals surface area contributed by atoms with Crippen LogP contribution in [0.4, 0.5) is 4.39 Å². The predicted molar refractivity (Wildman–Crippen MR) is 83.2 cm³/mol. The lowest BCUT2D eigenvalue weighted by molar-refractivity contribution is 0.0903. The first-order valence-corrected chi connectivity index (χ1v) is 8.39. The maximum absolute atomic E-state index is 14.3. The van der Waals surface area contributed by atoms with E-state index in [1.165, 1.54) is 18.9 Å². The first kappa shape index (κ1) is 13.3. The van der Waals surface area contributed by atoms with Crippen molar-refractivity contribution in [2.75, 3.05) is 0 Å². The van der Waals surface area contributed by atoms with Gasteiger partial charge in [0.05, 0.1) is 11.1 Å². The lowest BCUT2D eigenvalue weighted by Crippen LogP contribution is -2.25. The van der Waals surface area contributed by atoms with Crippen molar-refractivity contribution in [3.63, 3.8) is 0 Å². The lowest BCUT2D eigenvalue weighted by Gasteiger charge is -2.26. The maximum Gasteiger partial charge on any atom is 0.168 e. The Morgan fingerprint density at radius 3 is 2.76 bits per heavy atom. The Kier molecular flexibility index (Phi) is 3.21. The van der Waals surface area contributed by atoms with E-state index in [-0.39, 0.29) is 17.3 Å². The van der Waals surface area contributed by atoms with Gasteiger partial charge in [-0.3, -0.25) is 9.78 Å². The summed E-state index contributed by atoms with van der Waals surface area (Å²) in [5, 5.41) is 2.03. The molecule has 2 saturated heterocycles. The van der Waals surface area contributed by atoms with Crippen LogP contribution in [0.5, 0.6) is 0 Å². The lowest BCUT2D eigenvalue weighted by atomic mass is 9.89. The molecule has 1 aromatic heterocycles. The minimum Gasteiger partial charge on any atom is -0.294 e. The van der Waals surface area contributed by atoms with Gasteiger partial charge in [-0.2, -0.15) is 11.8 Å². The van der Waals surface area contributed by atoms with Gasteiger partial charge in [-0.25, -0.2) is 4.39 Å². The fourth-order valence-electron chi connectivity index (χ4n) is 3.58. The Labute approximate surface area is 127 Å². The number of Topliss-reactive ketones (excluding diaryl/α,β-unsaturated/α-hetero) is 1. The van der Waals surface area contributed by atoms with E-state index in [1.807, 2.05) is 23.9 Å². The van der Waals surface area contributed by atoms with E-state index < -0.39 is 5.82 Å². The highest BCUT2D eigenvalue weighted by Gasteiger charge is 2.38. The van der Waals surface area contributed by atoms with Gasteiger partial charge in [0.1, 0.15) is 5.82 Å². The van der Waals surface area contributed by atoms with Crippen LogP contribution >= 0.6 is 11.8 Å². The van der Waals surface area contributed by atoms with Crippen LogP contribution < -0.4 is 0 Å². The maximum atomic E-state index is 14.3. The Balaban J connectivity index is 1.69. The summed E-state index contributed by atoms with van der Waals surface area (Å²) < 4.78 is 14.3. The van der Waals surface area contributed by atoms with Crippen molar-refractivity contribution in [3.8, 4) is 0 Å². The molecule has 3 heterocycles.